The van der Waals surface area contributed by atoms with E-state index in [-0.39, 0.29) is 37.4 Å². The standard InChI is InChI=1S/C24H30N4O12/c1-12(30)36-19-20(37-13(2)31)22(38-14(3)32)24(40-21(19)23(34)35-4)39-17-8-7-15(11-29)10-16(17)27-18(33)6-5-9-26-28-25/h7-8,10,19-22,24,29H,5-6,9,11H2,1-4H3,(H,27,33)/t19-,20-,21-,22+,24?/m0/s1. The summed E-state index contributed by atoms with van der Waals surface area (Å²) in [5.74, 6) is -4.09. The molecule has 16 nitrogen and oxygen atoms in total. The van der Waals surface area contributed by atoms with Crippen molar-refractivity contribution >= 4 is 35.5 Å². The molecule has 1 aromatic rings. The average molecular weight is 567 g/mol. The lowest BCUT2D eigenvalue weighted by atomic mass is 9.97. The topological polar surface area (TPSA) is 222 Å². The van der Waals surface area contributed by atoms with E-state index in [9.17, 15) is 29.1 Å². The monoisotopic (exact) mass is 566 g/mol. The van der Waals surface area contributed by atoms with Crippen LogP contribution in [0.3, 0.4) is 0 Å². The number of anilines is 1. The van der Waals surface area contributed by atoms with E-state index in [1.165, 1.54) is 18.2 Å². The Kier molecular flexibility index (Phi) is 12.1. The molecule has 1 aliphatic heterocycles. The Morgan fingerprint density at radius 1 is 1.02 bits per heavy atom. The number of azide groups is 1. The highest BCUT2D eigenvalue weighted by molar-refractivity contribution is 5.92. The normalized spacial score (nSPS) is 21.7. The molecule has 2 rings (SSSR count). The second kappa shape index (κ2) is 15.3. The second-order valence-electron chi connectivity index (χ2n) is 8.38. The number of esters is 4. The molecule has 0 radical (unpaired) electrons. The number of aliphatic hydroxyl groups excluding tert-OH is 1. The lowest BCUT2D eigenvalue weighted by Crippen LogP contribution is -2.64. The van der Waals surface area contributed by atoms with Crippen LogP contribution in [0.4, 0.5) is 5.69 Å². The quantitative estimate of drug-likeness (QED) is 0.0912. The zero-order valence-corrected chi connectivity index (χ0v) is 22.2. The number of carbonyl (C=O) groups excluding carboxylic acids is 5. The summed E-state index contributed by atoms with van der Waals surface area (Å²) in [6.45, 7) is 2.89. The van der Waals surface area contributed by atoms with Gasteiger partial charge in [0.25, 0.3) is 0 Å². The number of hydrogen-bond donors (Lipinski definition) is 2. The van der Waals surface area contributed by atoms with Crippen molar-refractivity contribution in [1.82, 2.24) is 0 Å². The van der Waals surface area contributed by atoms with Gasteiger partial charge in [-0.05, 0) is 29.6 Å². The molecule has 1 saturated heterocycles. The lowest BCUT2D eigenvalue weighted by molar-refractivity contribution is -0.282. The summed E-state index contributed by atoms with van der Waals surface area (Å²) >= 11 is 0. The van der Waals surface area contributed by atoms with Crippen LogP contribution in [-0.2, 0) is 54.3 Å². The number of rotatable bonds is 12. The zero-order valence-electron chi connectivity index (χ0n) is 22.2. The van der Waals surface area contributed by atoms with Gasteiger partial charge in [0.1, 0.15) is 5.75 Å². The first kappa shape index (κ1) is 31.8. The molecule has 0 spiro atoms. The van der Waals surface area contributed by atoms with Crippen LogP contribution in [0.2, 0.25) is 0 Å². The van der Waals surface area contributed by atoms with Crippen LogP contribution in [0.5, 0.6) is 5.75 Å². The van der Waals surface area contributed by atoms with Gasteiger partial charge in [0, 0.05) is 38.6 Å². The molecule has 0 saturated carbocycles. The summed E-state index contributed by atoms with van der Waals surface area (Å²) in [7, 11) is 1.05. The number of ether oxygens (including phenoxy) is 6. The third kappa shape index (κ3) is 9.11. The van der Waals surface area contributed by atoms with Gasteiger partial charge in [0.05, 0.1) is 19.4 Å². The minimum absolute atomic E-state index is 0.0131. The maximum Gasteiger partial charge on any atom is 0.339 e. The van der Waals surface area contributed by atoms with Gasteiger partial charge in [-0.15, -0.1) is 0 Å². The predicted octanol–water partition coefficient (Wildman–Crippen LogP) is 1.28. The molecule has 1 heterocycles. The summed E-state index contributed by atoms with van der Waals surface area (Å²) in [6, 6.07) is 4.26. The van der Waals surface area contributed by atoms with E-state index in [0.29, 0.717) is 5.56 Å². The Labute approximate surface area is 228 Å². The third-order valence-corrected chi connectivity index (χ3v) is 5.30. The number of hydrogen-bond acceptors (Lipinski definition) is 13. The first-order valence-electron chi connectivity index (χ1n) is 12.0. The molecule has 1 fully saturated rings. The fourth-order valence-corrected chi connectivity index (χ4v) is 3.74. The van der Waals surface area contributed by atoms with E-state index < -0.39 is 60.5 Å². The zero-order chi connectivity index (χ0) is 29.8. The van der Waals surface area contributed by atoms with Gasteiger partial charge in [-0.1, -0.05) is 11.2 Å². The summed E-state index contributed by atoms with van der Waals surface area (Å²) in [5.41, 5.74) is 8.86. The van der Waals surface area contributed by atoms with E-state index in [0.717, 1.165) is 27.9 Å². The molecular formula is C24H30N4O12. The molecule has 2 N–H and O–H groups in total. The summed E-state index contributed by atoms with van der Waals surface area (Å²) in [4.78, 5) is 63.5. The van der Waals surface area contributed by atoms with Crippen LogP contribution in [0, 0.1) is 0 Å². The number of benzene rings is 1. The van der Waals surface area contributed by atoms with Crippen LogP contribution in [-0.4, -0.2) is 79.3 Å². The second-order valence-corrected chi connectivity index (χ2v) is 8.38. The SMILES string of the molecule is COC(=O)[C@H]1OC(Oc2ccc(CO)cc2NC(=O)CCCN=[N+]=[N-])[C@H](OC(C)=O)[C@@H](OC(C)=O)[C@@H]1OC(C)=O. The van der Waals surface area contributed by atoms with Crippen molar-refractivity contribution in [1.29, 1.82) is 0 Å². The Morgan fingerprint density at radius 2 is 1.65 bits per heavy atom. The van der Waals surface area contributed by atoms with Crippen molar-refractivity contribution < 1.29 is 57.5 Å². The maximum absolute atomic E-state index is 12.6. The minimum Gasteiger partial charge on any atom is -0.467 e. The van der Waals surface area contributed by atoms with Gasteiger partial charge in [0.2, 0.25) is 18.3 Å². The molecule has 5 atom stereocenters. The van der Waals surface area contributed by atoms with Crippen LogP contribution < -0.4 is 10.1 Å². The number of methoxy groups -OCH3 is 1. The van der Waals surface area contributed by atoms with Crippen molar-refractivity contribution in [2.24, 2.45) is 5.11 Å². The predicted molar refractivity (Wildman–Crippen MR) is 132 cm³/mol. The smallest absolute Gasteiger partial charge is 0.339 e. The van der Waals surface area contributed by atoms with Crippen molar-refractivity contribution in [3.8, 4) is 5.75 Å². The van der Waals surface area contributed by atoms with E-state index in [2.05, 4.69) is 15.3 Å². The summed E-state index contributed by atoms with van der Waals surface area (Å²) < 4.78 is 32.3. The molecule has 40 heavy (non-hydrogen) atoms. The average Bonchev–Trinajstić information content (AvgIpc) is 2.89. The van der Waals surface area contributed by atoms with Gasteiger partial charge in [0.15, 0.2) is 18.3 Å². The lowest BCUT2D eigenvalue weighted by Gasteiger charge is -2.43. The van der Waals surface area contributed by atoms with Gasteiger partial charge in [-0.2, -0.15) is 0 Å². The Morgan fingerprint density at radius 3 is 2.23 bits per heavy atom. The highest BCUT2D eigenvalue weighted by Gasteiger charge is 2.56. The Balaban J connectivity index is 2.50. The van der Waals surface area contributed by atoms with Crippen LogP contribution in [0.25, 0.3) is 10.4 Å². The Bertz CT molecular complexity index is 1150. The van der Waals surface area contributed by atoms with Gasteiger partial charge >= 0.3 is 23.9 Å². The van der Waals surface area contributed by atoms with Crippen molar-refractivity contribution in [2.75, 3.05) is 19.0 Å². The molecule has 1 aliphatic rings. The molecule has 1 amide bonds. The highest BCUT2D eigenvalue weighted by Crippen LogP contribution is 2.34. The molecule has 1 unspecified atom stereocenters. The fraction of sp³-hybridized carbons (Fsp3) is 0.542. The molecule has 16 heteroatoms. The third-order valence-electron chi connectivity index (χ3n) is 5.30. The van der Waals surface area contributed by atoms with Crippen LogP contribution >= 0.6 is 0 Å². The fourth-order valence-electron chi connectivity index (χ4n) is 3.74. The number of carbonyl (C=O) groups is 5. The van der Waals surface area contributed by atoms with Crippen LogP contribution in [0.15, 0.2) is 23.3 Å². The molecule has 0 aliphatic carbocycles. The minimum atomic E-state index is -1.68. The van der Waals surface area contributed by atoms with Gasteiger partial charge < -0.3 is 38.8 Å². The van der Waals surface area contributed by atoms with Crippen molar-refractivity contribution in [2.45, 2.75) is 70.9 Å². The van der Waals surface area contributed by atoms with Gasteiger partial charge in [-0.25, -0.2) is 4.79 Å². The first-order chi connectivity index (χ1) is 19.0. The number of aliphatic hydroxyl groups is 1. The van der Waals surface area contributed by atoms with Crippen molar-refractivity contribution in [3.05, 3.63) is 34.2 Å². The number of nitrogens with zero attached hydrogens (tertiary/aromatic N) is 3. The number of nitrogens with one attached hydrogen (secondary N) is 1. The van der Waals surface area contributed by atoms with Crippen LogP contribution in [0.1, 0.15) is 39.2 Å². The summed E-state index contributed by atoms with van der Waals surface area (Å²) in [5, 5.41) is 15.5. The van der Waals surface area contributed by atoms with Gasteiger partial charge in [-0.3, -0.25) is 19.2 Å². The molecule has 0 aromatic heterocycles. The Hall–Kier alpha value is -4.40. The molecular weight excluding hydrogens is 536 g/mol. The first-order valence-corrected chi connectivity index (χ1v) is 12.0. The molecule has 218 valence electrons. The maximum atomic E-state index is 12.6. The van der Waals surface area contributed by atoms with E-state index in [4.69, 9.17) is 34.0 Å². The van der Waals surface area contributed by atoms with E-state index in [1.54, 1.807) is 0 Å². The largest absolute Gasteiger partial charge is 0.467 e. The number of amides is 1. The summed E-state index contributed by atoms with van der Waals surface area (Å²) in [6.07, 6.45) is -7.78. The van der Waals surface area contributed by atoms with E-state index >= 15 is 0 Å². The highest BCUT2D eigenvalue weighted by atomic mass is 16.7. The molecule has 1 aromatic carbocycles. The van der Waals surface area contributed by atoms with E-state index in [1.807, 2.05) is 0 Å². The van der Waals surface area contributed by atoms with Crippen molar-refractivity contribution in [3.63, 3.8) is 0 Å². The molecule has 0 bridgehead atoms.